The Morgan fingerprint density at radius 3 is 2.62 bits per heavy atom. The van der Waals surface area contributed by atoms with Crippen molar-refractivity contribution >= 4 is 15.9 Å². The van der Waals surface area contributed by atoms with Crippen LogP contribution < -0.4 is 5.73 Å². The summed E-state index contributed by atoms with van der Waals surface area (Å²) in [4.78, 5) is 0. The van der Waals surface area contributed by atoms with Gasteiger partial charge in [0.15, 0.2) is 0 Å². The van der Waals surface area contributed by atoms with Crippen LogP contribution in [0.4, 0.5) is 0 Å². The van der Waals surface area contributed by atoms with Crippen molar-refractivity contribution in [3.63, 3.8) is 0 Å². The maximum absolute atomic E-state index is 5.77. The van der Waals surface area contributed by atoms with E-state index >= 15 is 0 Å². The summed E-state index contributed by atoms with van der Waals surface area (Å²) in [5.74, 6) is 1.66. The van der Waals surface area contributed by atoms with Gasteiger partial charge in [-0.2, -0.15) is 0 Å². The van der Waals surface area contributed by atoms with Crippen LogP contribution in [0.1, 0.15) is 24.3 Å². The summed E-state index contributed by atoms with van der Waals surface area (Å²) in [7, 11) is 0. The van der Waals surface area contributed by atoms with E-state index in [1.54, 1.807) is 0 Å². The van der Waals surface area contributed by atoms with Crippen molar-refractivity contribution in [1.29, 1.82) is 0 Å². The normalized spacial score (nSPS) is 12.8. The molecule has 1 aromatic carbocycles. The lowest BCUT2D eigenvalue weighted by Crippen LogP contribution is -2.02. The van der Waals surface area contributed by atoms with Gasteiger partial charge in [0, 0.05) is 10.0 Å². The zero-order valence-corrected chi connectivity index (χ0v) is 10.9. The second kappa shape index (κ2) is 4.44. The predicted octanol–water partition coefficient (Wildman–Crippen LogP) is 4.04. The van der Waals surface area contributed by atoms with Gasteiger partial charge in [-0.05, 0) is 38.1 Å². The van der Waals surface area contributed by atoms with E-state index in [-0.39, 0.29) is 6.04 Å². The first-order valence-corrected chi connectivity index (χ1v) is 5.99. The average molecular weight is 280 g/mol. The molecule has 0 bridgehead atoms. The Morgan fingerprint density at radius 2 is 2.00 bits per heavy atom. The lowest BCUT2D eigenvalue weighted by Gasteiger charge is -2.03. The van der Waals surface area contributed by atoms with Crippen LogP contribution in [0.3, 0.4) is 0 Å². The lowest BCUT2D eigenvalue weighted by molar-refractivity contribution is 0.491. The molecule has 3 heteroatoms. The maximum atomic E-state index is 5.77. The summed E-state index contributed by atoms with van der Waals surface area (Å²) in [6.45, 7) is 3.97. The molecule has 1 atom stereocenters. The van der Waals surface area contributed by atoms with Crippen molar-refractivity contribution in [2.75, 3.05) is 0 Å². The van der Waals surface area contributed by atoms with Crippen molar-refractivity contribution in [1.82, 2.24) is 0 Å². The van der Waals surface area contributed by atoms with Crippen LogP contribution in [0.2, 0.25) is 0 Å². The van der Waals surface area contributed by atoms with E-state index in [9.17, 15) is 0 Å². The van der Waals surface area contributed by atoms with Gasteiger partial charge in [-0.1, -0.05) is 27.6 Å². The molecule has 0 radical (unpaired) electrons. The van der Waals surface area contributed by atoms with E-state index in [4.69, 9.17) is 10.2 Å². The number of benzene rings is 1. The number of aryl methyl sites for hydroxylation is 1. The molecule has 0 aliphatic carbocycles. The topological polar surface area (TPSA) is 39.2 Å². The third-order valence-corrected chi connectivity index (χ3v) is 3.15. The lowest BCUT2D eigenvalue weighted by atomic mass is 10.1. The van der Waals surface area contributed by atoms with Crippen molar-refractivity contribution in [3.8, 4) is 11.3 Å². The first kappa shape index (κ1) is 11.4. The molecule has 1 unspecified atom stereocenters. The van der Waals surface area contributed by atoms with Gasteiger partial charge in [0.25, 0.3) is 0 Å². The van der Waals surface area contributed by atoms with Crippen molar-refractivity contribution in [3.05, 3.63) is 46.1 Å². The molecule has 0 amide bonds. The van der Waals surface area contributed by atoms with Crippen molar-refractivity contribution in [2.45, 2.75) is 19.9 Å². The zero-order valence-electron chi connectivity index (χ0n) is 9.33. The number of halogens is 1. The monoisotopic (exact) mass is 279 g/mol. The first-order valence-electron chi connectivity index (χ1n) is 5.20. The van der Waals surface area contributed by atoms with Gasteiger partial charge in [0.2, 0.25) is 0 Å². The Balaban J connectivity index is 2.46. The van der Waals surface area contributed by atoms with Crippen LogP contribution in [0.15, 0.2) is 39.2 Å². The molecule has 0 aliphatic rings. The fraction of sp³-hybridized carbons (Fsp3) is 0.231. The standard InChI is InChI=1S/C13H14BrNO/c1-8-3-4-11(14)10(7-8)13-6-5-12(16-13)9(2)15/h3-7,9H,15H2,1-2H3. The number of nitrogens with two attached hydrogens (primary N) is 1. The average Bonchev–Trinajstić information content (AvgIpc) is 2.70. The van der Waals surface area contributed by atoms with Crippen LogP contribution in [-0.4, -0.2) is 0 Å². The Morgan fingerprint density at radius 1 is 1.25 bits per heavy atom. The fourth-order valence-corrected chi connectivity index (χ4v) is 2.01. The van der Waals surface area contributed by atoms with Gasteiger partial charge in [-0.3, -0.25) is 0 Å². The molecule has 0 saturated carbocycles. The van der Waals surface area contributed by atoms with Gasteiger partial charge >= 0.3 is 0 Å². The minimum absolute atomic E-state index is 0.0719. The SMILES string of the molecule is Cc1ccc(Br)c(-c2ccc(C(C)N)o2)c1. The molecule has 0 aliphatic heterocycles. The number of hydrogen-bond acceptors (Lipinski definition) is 2. The van der Waals surface area contributed by atoms with Crippen LogP contribution >= 0.6 is 15.9 Å². The van der Waals surface area contributed by atoms with Gasteiger partial charge in [-0.15, -0.1) is 0 Å². The molecule has 2 N–H and O–H groups in total. The Kier molecular flexibility index (Phi) is 3.17. The highest BCUT2D eigenvalue weighted by Crippen LogP contribution is 2.31. The molecule has 2 nitrogen and oxygen atoms in total. The number of furan rings is 1. The van der Waals surface area contributed by atoms with E-state index in [0.29, 0.717) is 0 Å². The molecular weight excluding hydrogens is 266 g/mol. The van der Waals surface area contributed by atoms with Crippen LogP contribution in [0.25, 0.3) is 11.3 Å². The van der Waals surface area contributed by atoms with E-state index in [1.807, 2.05) is 25.1 Å². The van der Waals surface area contributed by atoms with E-state index in [0.717, 1.165) is 21.6 Å². The second-order valence-electron chi connectivity index (χ2n) is 3.97. The Labute approximate surface area is 104 Å². The molecule has 1 aromatic heterocycles. The molecule has 16 heavy (non-hydrogen) atoms. The van der Waals surface area contributed by atoms with Gasteiger partial charge in [-0.25, -0.2) is 0 Å². The Hall–Kier alpha value is -1.06. The van der Waals surface area contributed by atoms with Crippen LogP contribution in [0.5, 0.6) is 0 Å². The third-order valence-electron chi connectivity index (χ3n) is 2.46. The molecular formula is C13H14BrNO. The molecule has 84 valence electrons. The molecule has 1 heterocycles. The van der Waals surface area contributed by atoms with Crippen molar-refractivity contribution < 1.29 is 4.42 Å². The molecule has 0 spiro atoms. The fourth-order valence-electron chi connectivity index (χ4n) is 1.57. The smallest absolute Gasteiger partial charge is 0.135 e. The highest BCUT2D eigenvalue weighted by atomic mass is 79.9. The maximum Gasteiger partial charge on any atom is 0.135 e. The first-order chi connectivity index (χ1) is 7.58. The van der Waals surface area contributed by atoms with E-state index in [1.165, 1.54) is 5.56 Å². The highest BCUT2D eigenvalue weighted by Gasteiger charge is 2.10. The zero-order chi connectivity index (χ0) is 11.7. The van der Waals surface area contributed by atoms with E-state index < -0.39 is 0 Å². The molecule has 0 saturated heterocycles. The number of hydrogen-bond donors (Lipinski definition) is 1. The minimum atomic E-state index is -0.0719. The largest absolute Gasteiger partial charge is 0.459 e. The molecule has 2 aromatic rings. The van der Waals surface area contributed by atoms with Crippen molar-refractivity contribution in [2.24, 2.45) is 5.73 Å². The third kappa shape index (κ3) is 2.20. The second-order valence-corrected chi connectivity index (χ2v) is 4.83. The predicted molar refractivity (Wildman–Crippen MR) is 69.2 cm³/mol. The summed E-state index contributed by atoms with van der Waals surface area (Å²) in [5.41, 5.74) is 8.04. The molecule has 0 fully saturated rings. The van der Waals surface area contributed by atoms with Crippen LogP contribution in [-0.2, 0) is 0 Å². The minimum Gasteiger partial charge on any atom is -0.459 e. The van der Waals surface area contributed by atoms with Crippen LogP contribution in [0, 0.1) is 6.92 Å². The quantitative estimate of drug-likeness (QED) is 0.901. The number of rotatable bonds is 2. The Bertz CT molecular complexity index is 502. The summed E-state index contributed by atoms with van der Waals surface area (Å²) in [5, 5.41) is 0. The molecule has 2 rings (SSSR count). The van der Waals surface area contributed by atoms with Gasteiger partial charge in [0.05, 0.1) is 6.04 Å². The van der Waals surface area contributed by atoms with E-state index in [2.05, 4.69) is 35.0 Å². The summed E-state index contributed by atoms with van der Waals surface area (Å²) >= 11 is 3.52. The highest BCUT2D eigenvalue weighted by molar-refractivity contribution is 9.10. The summed E-state index contributed by atoms with van der Waals surface area (Å²) in [6.07, 6.45) is 0. The van der Waals surface area contributed by atoms with Gasteiger partial charge < -0.3 is 10.2 Å². The summed E-state index contributed by atoms with van der Waals surface area (Å²) < 4.78 is 6.74. The summed E-state index contributed by atoms with van der Waals surface area (Å²) in [6, 6.07) is 9.99. The van der Waals surface area contributed by atoms with Gasteiger partial charge in [0.1, 0.15) is 11.5 Å².